The third-order valence-corrected chi connectivity index (χ3v) is 5.14. The minimum atomic E-state index is -0.998. The average Bonchev–Trinajstić information content (AvgIpc) is 3.12. The summed E-state index contributed by atoms with van der Waals surface area (Å²) in [7, 11) is 0. The summed E-state index contributed by atoms with van der Waals surface area (Å²) >= 11 is 0. The minimum Gasteiger partial charge on any atom is -0.345 e. The van der Waals surface area contributed by atoms with Crippen LogP contribution in [-0.2, 0) is 33.3 Å². The van der Waals surface area contributed by atoms with Crippen LogP contribution < -0.4 is 10.6 Å². The topological polar surface area (TPSA) is 104 Å². The zero-order valence-corrected chi connectivity index (χ0v) is 17.8. The zero-order valence-electron chi connectivity index (χ0n) is 17.8. The van der Waals surface area contributed by atoms with Gasteiger partial charge in [0.05, 0.1) is 6.54 Å². The van der Waals surface area contributed by atoms with Crippen molar-refractivity contribution in [2.24, 2.45) is 0 Å². The van der Waals surface area contributed by atoms with Gasteiger partial charge in [0.2, 0.25) is 5.91 Å². The Balaban J connectivity index is 1.41. The predicted octanol–water partition coefficient (Wildman–Crippen LogP) is 1.45. The monoisotopic (exact) mass is 420 g/mol. The quantitative estimate of drug-likeness (QED) is 0.760. The molecular formula is C21H28N2O7. The van der Waals surface area contributed by atoms with Crippen molar-refractivity contribution in [3.63, 3.8) is 0 Å². The molecule has 0 aromatic heterocycles. The van der Waals surface area contributed by atoms with Crippen LogP contribution in [0.1, 0.15) is 33.3 Å². The molecule has 0 radical (unpaired) electrons. The van der Waals surface area contributed by atoms with Crippen molar-refractivity contribution in [2.45, 2.75) is 76.9 Å². The molecule has 3 saturated heterocycles. The van der Waals surface area contributed by atoms with Crippen LogP contribution in [0.3, 0.4) is 0 Å². The summed E-state index contributed by atoms with van der Waals surface area (Å²) in [6.07, 6.45) is -3.49. The fourth-order valence-corrected chi connectivity index (χ4v) is 4.02. The lowest BCUT2D eigenvalue weighted by Gasteiger charge is -2.36. The van der Waals surface area contributed by atoms with E-state index in [-0.39, 0.29) is 12.5 Å². The van der Waals surface area contributed by atoms with E-state index in [1.807, 2.05) is 25.1 Å². The fourth-order valence-electron chi connectivity index (χ4n) is 4.02. The fraction of sp³-hybridized carbons (Fsp3) is 0.619. The molecule has 0 spiro atoms. The Labute approximate surface area is 175 Å². The molecule has 1 aromatic rings. The number of carbonyl (C=O) groups is 2. The molecule has 5 atom stereocenters. The number of fused-ring (bicyclic) bond motifs is 3. The van der Waals surface area contributed by atoms with Gasteiger partial charge in [-0.05, 0) is 52.3 Å². The van der Waals surface area contributed by atoms with Crippen LogP contribution in [0.2, 0.25) is 0 Å². The van der Waals surface area contributed by atoms with Crippen molar-refractivity contribution in [3.05, 3.63) is 29.8 Å². The maximum Gasteiger partial charge on any atom is 0.252 e. The van der Waals surface area contributed by atoms with Gasteiger partial charge in [0, 0.05) is 5.69 Å². The third kappa shape index (κ3) is 4.35. The van der Waals surface area contributed by atoms with Gasteiger partial charge in [0.15, 0.2) is 24.0 Å². The summed E-state index contributed by atoms with van der Waals surface area (Å²) in [4.78, 5) is 25.1. The molecule has 30 heavy (non-hydrogen) atoms. The van der Waals surface area contributed by atoms with Gasteiger partial charge in [-0.1, -0.05) is 12.1 Å². The number of benzene rings is 1. The molecule has 2 N–H and O–H groups in total. The Kier molecular flexibility index (Phi) is 5.36. The molecule has 9 nitrogen and oxygen atoms in total. The van der Waals surface area contributed by atoms with Crippen molar-refractivity contribution in [1.29, 1.82) is 0 Å². The van der Waals surface area contributed by atoms with E-state index < -0.39 is 48.2 Å². The highest BCUT2D eigenvalue weighted by atomic mass is 16.9. The second kappa shape index (κ2) is 7.58. The van der Waals surface area contributed by atoms with Crippen LogP contribution in [0.25, 0.3) is 0 Å². The molecular weight excluding hydrogens is 392 g/mol. The molecule has 0 unspecified atom stereocenters. The largest absolute Gasteiger partial charge is 0.345 e. The number of nitrogens with one attached hydrogen (secondary N) is 2. The molecule has 2 amide bonds. The number of amides is 2. The number of rotatable bonds is 4. The molecule has 3 heterocycles. The first-order valence-electron chi connectivity index (χ1n) is 10.0. The number of hydrogen-bond acceptors (Lipinski definition) is 7. The smallest absolute Gasteiger partial charge is 0.252 e. The molecule has 0 saturated carbocycles. The normalized spacial score (nSPS) is 33.4. The number of aryl methyl sites for hydroxylation is 1. The molecule has 3 aliphatic heterocycles. The van der Waals surface area contributed by atoms with Crippen LogP contribution in [-0.4, -0.2) is 60.6 Å². The highest BCUT2D eigenvalue weighted by molar-refractivity contribution is 5.95. The van der Waals surface area contributed by atoms with E-state index in [0.717, 1.165) is 5.56 Å². The molecule has 0 bridgehead atoms. The number of ether oxygens (including phenoxy) is 5. The van der Waals surface area contributed by atoms with Crippen molar-refractivity contribution in [2.75, 3.05) is 11.9 Å². The molecule has 164 valence electrons. The Morgan fingerprint density at radius 3 is 2.37 bits per heavy atom. The maximum atomic E-state index is 12.9. The summed E-state index contributed by atoms with van der Waals surface area (Å²) in [6, 6.07) is 7.41. The van der Waals surface area contributed by atoms with E-state index in [1.165, 1.54) is 0 Å². The lowest BCUT2D eigenvalue weighted by atomic mass is 9.98. The first kappa shape index (κ1) is 21.2. The van der Waals surface area contributed by atoms with Gasteiger partial charge >= 0.3 is 0 Å². The van der Waals surface area contributed by atoms with E-state index in [0.29, 0.717) is 5.69 Å². The van der Waals surface area contributed by atoms with Crippen LogP contribution in [0.15, 0.2) is 24.3 Å². The molecule has 4 rings (SSSR count). The summed E-state index contributed by atoms with van der Waals surface area (Å²) in [5, 5.41) is 5.37. The molecule has 1 aromatic carbocycles. The van der Waals surface area contributed by atoms with Gasteiger partial charge in [0.1, 0.15) is 18.3 Å². The molecule has 3 aliphatic rings. The van der Waals surface area contributed by atoms with Gasteiger partial charge < -0.3 is 34.3 Å². The third-order valence-electron chi connectivity index (χ3n) is 5.14. The maximum absolute atomic E-state index is 12.9. The Hall–Kier alpha value is -2.04. The van der Waals surface area contributed by atoms with Crippen LogP contribution in [0.5, 0.6) is 0 Å². The summed E-state index contributed by atoms with van der Waals surface area (Å²) in [5.74, 6) is -2.58. The Morgan fingerprint density at radius 1 is 0.967 bits per heavy atom. The van der Waals surface area contributed by atoms with Crippen molar-refractivity contribution < 1.29 is 33.3 Å². The van der Waals surface area contributed by atoms with Crippen molar-refractivity contribution in [1.82, 2.24) is 5.32 Å². The first-order chi connectivity index (χ1) is 14.0. The summed E-state index contributed by atoms with van der Waals surface area (Å²) < 4.78 is 29.5. The number of hydrogen-bond donors (Lipinski definition) is 2. The van der Waals surface area contributed by atoms with Gasteiger partial charge in [0.25, 0.3) is 5.91 Å². The highest BCUT2D eigenvalue weighted by Crippen LogP contribution is 2.44. The number of carbonyl (C=O) groups excluding carboxylic acids is 2. The second-order valence-corrected chi connectivity index (χ2v) is 8.73. The van der Waals surface area contributed by atoms with E-state index in [4.69, 9.17) is 23.7 Å². The van der Waals surface area contributed by atoms with Gasteiger partial charge in [-0.2, -0.15) is 0 Å². The van der Waals surface area contributed by atoms with E-state index in [9.17, 15) is 9.59 Å². The minimum absolute atomic E-state index is 0.203. The van der Waals surface area contributed by atoms with Crippen LogP contribution in [0, 0.1) is 6.92 Å². The van der Waals surface area contributed by atoms with Gasteiger partial charge in [-0.3, -0.25) is 9.59 Å². The summed E-state index contributed by atoms with van der Waals surface area (Å²) in [6.45, 7) is 8.82. The zero-order chi connectivity index (χ0) is 21.7. The number of anilines is 1. The molecule has 0 aliphatic carbocycles. The molecule has 3 fully saturated rings. The highest BCUT2D eigenvalue weighted by Gasteiger charge is 2.62. The Bertz CT molecular complexity index is 840. The lowest BCUT2D eigenvalue weighted by Crippen LogP contribution is -2.59. The van der Waals surface area contributed by atoms with E-state index in [2.05, 4.69) is 10.6 Å². The predicted molar refractivity (Wildman–Crippen MR) is 105 cm³/mol. The Morgan fingerprint density at radius 2 is 1.63 bits per heavy atom. The van der Waals surface area contributed by atoms with E-state index in [1.54, 1.807) is 33.8 Å². The molecule has 9 heteroatoms. The van der Waals surface area contributed by atoms with E-state index >= 15 is 0 Å². The van der Waals surface area contributed by atoms with Crippen LogP contribution in [0.4, 0.5) is 5.69 Å². The van der Waals surface area contributed by atoms with Gasteiger partial charge in [-0.15, -0.1) is 0 Å². The summed E-state index contributed by atoms with van der Waals surface area (Å²) in [5.41, 5.74) is 1.69. The average molecular weight is 420 g/mol. The lowest BCUT2D eigenvalue weighted by molar-refractivity contribution is -0.231. The van der Waals surface area contributed by atoms with Gasteiger partial charge in [-0.25, -0.2) is 0 Å². The van der Waals surface area contributed by atoms with Crippen LogP contribution >= 0.6 is 0 Å². The first-order valence-corrected chi connectivity index (χ1v) is 10.0. The second-order valence-electron chi connectivity index (χ2n) is 8.73. The standard InChI is InChI=1S/C21H28N2O7/c1-11-7-6-8-12(9-11)23-13(24)10-22-18(25)16-14-15(28-20(2,3)27-14)17-19(26-16)30-21(4,5)29-17/h6-9,14-17,19H,10H2,1-5H3,(H,22,25)(H,23,24)/t14-,15+,16+,17-,19-/m1/s1. The van der Waals surface area contributed by atoms with Crippen molar-refractivity contribution >= 4 is 17.5 Å². The van der Waals surface area contributed by atoms with Crippen molar-refractivity contribution in [3.8, 4) is 0 Å². The SMILES string of the molecule is Cc1cccc(NC(=O)CNC(=O)[C@H]2O[C@@H]3OC(C)(C)O[C@@H]3[C@H]3OC(C)(C)O[C@H]32)c1.